The fourth-order valence-electron chi connectivity index (χ4n) is 2.49. The first-order chi connectivity index (χ1) is 10.3. The lowest BCUT2D eigenvalue weighted by Crippen LogP contribution is -2.50. The molecule has 2 rings (SSSR count). The molecule has 0 unspecified atom stereocenters. The maximum absolute atomic E-state index is 12.5. The molecular weight excluding hydrogens is 300 g/mol. The smallest absolute Gasteiger partial charge is 0.407 e. The number of hydrogen-bond donors (Lipinski definition) is 1. The van der Waals surface area contributed by atoms with E-state index in [2.05, 4.69) is 5.32 Å². The summed E-state index contributed by atoms with van der Waals surface area (Å²) in [6.07, 6.45) is 1.34. The zero-order valence-corrected chi connectivity index (χ0v) is 14.5. The highest BCUT2D eigenvalue weighted by atomic mass is 32.1. The fourth-order valence-corrected chi connectivity index (χ4v) is 3.38. The minimum absolute atomic E-state index is 0.0483. The number of piperidine rings is 1. The summed E-state index contributed by atoms with van der Waals surface area (Å²) in [6, 6.07) is 1.91. The van der Waals surface area contributed by atoms with Crippen molar-refractivity contribution in [1.29, 1.82) is 0 Å². The van der Waals surface area contributed by atoms with Crippen LogP contribution in [0.15, 0.2) is 11.4 Å². The van der Waals surface area contributed by atoms with E-state index >= 15 is 0 Å². The molecular formula is C16H24N2O3S. The van der Waals surface area contributed by atoms with Crippen molar-refractivity contribution in [1.82, 2.24) is 10.2 Å². The first-order valence-corrected chi connectivity index (χ1v) is 8.47. The highest BCUT2D eigenvalue weighted by Gasteiger charge is 2.28. The van der Waals surface area contributed by atoms with E-state index in [0.29, 0.717) is 6.54 Å². The van der Waals surface area contributed by atoms with Crippen LogP contribution < -0.4 is 5.32 Å². The van der Waals surface area contributed by atoms with E-state index in [4.69, 9.17) is 4.74 Å². The molecule has 6 heteroatoms. The Morgan fingerprint density at radius 3 is 2.73 bits per heavy atom. The van der Waals surface area contributed by atoms with Gasteiger partial charge in [-0.15, -0.1) is 11.3 Å². The molecule has 0 spiro atoms. The van der Waals surface area contributed by atoms with Crippen LogP contribution in [0.3, 0.4) is 0 Å². The summed E-state index contributed by atoms with van der Waals surface area (Å²) in [5, 5.41) is 4.80. The van der Waals surface area contributed by atoms with Gasteiger partial charge in [-0.1, -0.05) is 0 Å². The molecule has 1 N–H and O–H groups in total. The van der Waals surface area contributed by atoms with Crippen molar-refractivity contribution >= 4 is 23.3 Å². The summed E-state index contributed by atoms with van der Waals surface area (Å²) in [7, 11) is 0. The van der Waals surface area contributed by atoms with Crippen LogP contribution in [0.4, 0.5) is 4.79 Å². The van der Waals surface area contributed by atoms with Crippen molar-refractivity contribution in [3.8, 4) is 0 Å². The predicted octanol–water partition coefficient (Wildman–Crippen LogP) is 3.19. The summed E-state index contributed by atoms with van der Waals surface area (Å²) < 4.78 is 5.28. The molecule has 0 aliphatic carbocycles. The summed E-state index contributed by atoms with van der Waals surface area (Å²) in [6.45, 7) is 8.73. The molecule has 1 fully saturated rings. The van der Waals surface area contributed by atoms with Crippen molar-refractivity contribution in [2.24, 2.45) is 0 Å². The second-order valence-electron chi connectivity index (χ2n) is 6.67. The van der Waals surface area contributed by atoms with Crippen LogP contribution in [0.1, 0.15) is 48.8 Å². The Morgan fingerprint density at radius 2 is 2.14 bits per heavy atom. The molecule has 1 aromatic rings. The summed E-state index contributed by atoms with van der Waals surface area (Å²) >= 11 is 1.47. The van der Waals surface area contributed by atoms with Gasteiger partial charge in [-0.25, -0.2) is 4.79 Å². The minimum Gasteiger partial charge on any atom is -0.444 e. The largest absolute Gasteiger partial charge is 0.444 e. The highest BCUT2D eigenvalue weighted by molar-refractivity contribution is 7.12. The number of amides is 2. The average molecular weight is 324 g/mol. The first-order valence-electron chi connectivity index (χ1n) is 7.59. The van der Waals surface area contributed by atoms with Gasteiger partial charge in [0, 0.05) is 19.1 Å². The zero-order chi connectivity index (χ0) is 16.3. The van der Waals surface area contributed by atoms with Crippen molar-refractivity contribution < 1.29 is 14.3 Å². The first kappa shape index (κ1) is 16.8. The van der Waals surface area contributed by atoms with E-state index in [1.54, 1.807) is 0 Å². The van der Waals surface area contributed by atoms with E-state index in [1.165, 1.54) is 11.3 Å². The van der Waals surface area contributed by atoms with Crippen LogP contribution in [0.25, 0.3) is 0 Å². The van der Waals surface area contributed by atoms with Crippen LogP contribution in [0, 0.1) is 6.92 Å². The van der Waals surface area contributed by atoms with E-state index in [1.807, 2.05) is 44.0 Å². The Labute approximate surface area is 135 Å². The van der Waals surface area contributed by atoms with Gasteiger partial charge >= 0.3 is 6.09 Å². The fraction of sp³-hybridized carbons (Fsp3) is 0.625. The van der Waals surface area contributed by atoms with Gasteiger partial charge in [0.15, 0.2) is 0 Å². The SMILES string of the molecule is Cc1ccsc1C(=O)N1CCC[C@H](NC(=O)OC(C)(C)C)C1. The second kappa shape index (κ2) is 6.69. The Balaban J connectivity index is 1.93. The monoisotopic (exact) mass is 324 g/mol. The van der Waals surface area contributed by atoms with Crippen LogP contribution in [-0.4, -0.2) is 41.6 Å². The Hall–Kier alpha value is -1.56. The molecule has 0 aromatic carbocycles. The maximum Gasteiger partial charge on any atom is 0.407 e. The molecule has 1 aliphatic rings. The van der Waals surface area contributed by atoms with Crippen LogP contribution in [0.2, 0.25) is 0 Å². The second-order valence-corrected chi connectivity index (χ2v) is 7.59. The summed E-state index contributed by atoms with van der Waals surface area (Å²) in [5.41, 5.74) is 0.500. The van der Waals surface area contributed by atoms with Gasteiger partial charge in [-0.3, -0.25) is 4.79 Å². The number of ether oxygens (including phenoxy) is 1. The number of carbonyl (C=O) groups excluding carboxylic acids is 2. The van der Waals surface area contributed by atoms with E-state index in [-0.39, 0.29) is 11.9 Å². The van der Waals surface area contributed by atoms with Gasteiger partial charge in [-0.2, -0.15) is 0 Å². The average Bonchev–Trinajstić information content (AvgIpc) is 2.82. The van der Waals surface area contributed by atoms with Gasteiger partial charge in [-0.05, 0) is 57.5 Å². The molecule has 2 amide bonds. The molecule has 1 atom stereocenters. The van der Waals surface area contributed by atoms with E-state index < -0.39 is 11.7 Å². The minimum atomic E-state index is -0.512. The molecule has 1 saturated heterocycles. The van der Waals surface area contributed by atoms with Crippen molar-refractivity contribution in [2.75, 3.05) is 13.1 Å². The van der Waals surface area contributed by atoms with Gasteiger partial charge in [0.05, 0.1) is 4.88 Å². The molecule has 122 valence electrons. The number of alkyl carbamates (subject to hydrolysis) is 1. The molecule has 1 aromatic heterocycles. The number of rotatable bonds is 2. The van der Waals surface area contributed by atoms with Gasteiger partial charge in [0.1, 0.15) is 5.60 Å². The van der Waals surface area contributed by atoms with Crippen LogP contribution in [-0.2, 0) is 4.74 Å². The van der Waals surface area contributed by atoms with E-state index in [9.17, 15) is 9.59 Å². The number of hydrogen-bond acceptors (Lipinski definition) is 4. The molecule has 5 nitrogen and oxygen atoms in total. The lowest BCUT2D eigenvalue weighted by Gasteiger charge is -2.33. The summed E-state index contributed by atoms with van der Waals surface area (Å²) in [4.78, 5) is 27.0. The molecule has 2 heterocycles. The summed E-state index contributed by atoms with van der Waals surface area (Å²) in [5.74, 6) is 0.0585. The molecule has 0 saturated carbocycles. The number of aryl methyl sites for hydroxylation is 1. The third-order valence-corrected chi connectivity index (χ3v) is 4.49. The molecule has 0 bridgehead atoms. The van der Waals surface area contributed by atoms with Crippen molar-refractivity contribution in [3.05, 3.63) is 21.9 Å². The molecule has 1 aliphatic heterocycles. The number of nitrogens with zero attached hydrogens (tertiary/aromatic N) is 1. The maximum atomic E-state index is 12.5. The Bertz CT molecular complexity index is 548. The third kappa shape index (κ3) is 4.47. The number of likely N-dealkylation sites (tertiary alicyclic amines) is 1. The van der Waals surface area contributed by atoms with Crippen molar-refractivity contribution in [2.45, 2.75) is 52.2 Å². The lowest BCUT2D eigenvalue weighted by molar-refractivity contribution is 0.0452. The highest BCUT2D eigenvalue weighted by Crippen LogP contribution is 2.21. The molecule has 22 heavy (non-hydrogen) atoms. The predicted molar refractivity (Wildman–Crippen MR) is 87.4 cm³/mol. The topological polar surface area (TPSA) is 58.6 Å². The number of thiophene rings is 1. The van der Waals surface area contributed by atoms with E-state index in [0.717, 1.165) is 29.8 Å². The number of carbonyl (C=O) groups is 2. The van der Waals surface area contributed by atoms with Gasteiger partial charge in [0.25, 0.3) is 5.91 Å². The molecule has 0 radical (unpaired) electrons. The Morgan fingerprint density at radius 1 is 1.41 bits per heavy atom. The van der Waals surface area contributed by atoms with Gasteiger partial charge < -0.3 is 15.0 Å². The standard InChI is InChI=1S/C16H24N2O3S/c1-11-7-9-22-13(11)14(19)18-8-5-6-12(10-18)17-15(20)21-16(2,3)4/h7,9,12H,5-6,8,10H2,1-4H3,(H,17,20)/t12-/m0/s1. The quantitative estimate of drug-likeness (QED) is 0.909. The zero-order valence-electron chi connectivity index (χ0n) is 13.6. The van der Waals surface area contributed by atoms with Gasteiger partial charge in [0.2, 0.25) is 0 Å². The number of nitrogens with one attached hydrogen (secondary N) is 1. The normalized spacial score (nSPS) is 18.9. The van der Waals surface area contributed by atoms with Crippen LogP contribution >= 0.6 is 11.3 Å². The van der Waals surface area contributed by atoms with Crippen molar-refractivity contribution in [3.63, 3.8) is 0 Å². The lowest BCUT2D eigenvalue weighted by atomic mass is 10.1. The third-order valence-electron chi connectivity index (χ3n) is 3.49. The Kier molecular flexibility index (Phi) is 5.11. The van der Waals surface area contributed by atoms with Crippen LogP contribution in [0.5, 0.6) is 0 Å².